The molecule has 6 rings (SSSR count). The molecule has 43 heavy (non-hydrogen) atoms. The second-order valence-corrected chi connectivity index (χ2v) is 12.8. The Morgan fingerprint density at radius 1 is 0.884 bits per heavy atom. The van der Waals surface area contributed by atoms with Gasteiger partial charge in [0.15, 0.2) is 0 Å². The van der Waals surface area contributed by atoms with Gasteiger partial charge in [-0.1, -0.05) is 70.6 Å². The number of alkyl halides is 3. The summed E-state index contributed by atoms with van der Waals surface area (Å²) in [5.74, 6) is -4.13. The molecule has 1 aromatic heterocycles. The summed E-state index contributed by atoms with van der Waals surface area (Å²) in [4.78, 5) is 54.5. The zero-order valence-corrected chi connectivity index (χ0v) is 24.7. The predicted octanol–water partition coefficient (Wildman–Crippen LogP) is 6.67. The van der Waals surface area contributed by atoms with Gasteiger partial charge >= 0.3 is 11.0 Å². The molecule has 0 spiro atoms. The summed E-state index contributed by atoms with van der Waals surface area (Å²) < 4.78 is 43.0. The number of thioether (sulfide) groups is 1. The van der Waals surface area contributed by atoms with Gasteiger partial charge in [-0.2, -0.15) is 13.2 Å². The lowest BCUT2D eigenvalue weighted by molar-refractivity contribution is -0.137. The molecule has 3 atom stereocenters. The molecule has 3 unspecified atom stereocenters. The van der Waals surface area contributed by atoms with Crippen molar-refractivity contribution < 1.29 is 27.6 Å². The number of para-hydroxylation sites is 1. The largest absolute Gasteiger partial charge is 0.418 e. The molecule has 14 heteroatoms. The number of thiazole rings is 1. The smallest absolute Gasteiger partial charge is 0.325 e. The highest BCUT2D eigenvalue weighted by molar-refractivity contribution is 8.00. The van der Waals surface area contributed by atoms with Gasteiger partial charge in [-0.3, -0.25) is 23.7 Å². The number of halogens is 5. The Hall–Kier alpha value is -3.58. The van der Waals surface area contributed by atoms with Crippen molar-refractivity contribution in [3.63, 3.8) is 0 Å². The molecule has 3 amide bonds. The minimum Gasteiger partial charge on any atom is -0.325 e. The summed E-state index contributed by atoms with van der Waals surface area (Å²) in [6.07, 6.45) is -4.82. The summed E-state index contributed by atoms with van der Waals surface area (Å²) >= 11 is 13.7. The molecule has 0 aliphatic carbocycles. The molecular formula is C29H18Cl2F3N3O4S2. The van der Waals surface area contributed by atoms with Crippen LogP contribution in [0.2, 0.25) is 10.0 Å². The minimum atomic E-state index is -4.82. The molecular weight excluding hydrogens is 646 g/mol. The van der Waals surface area contributed by atoms with Crippen molar-refractivity contribution in [1.82, 2.24) is 4.57 Å². The molecule has 0 bridgehead atoms. The zero-order valence-electron chi connectivity index (χ0n) is 21.6. The summed E-state index contributed by atoms with van der Waals surface area (Å²) in [6.45, 7) is -0.395. The predicted molar refractivity (Wildman–Crippen MR) is 159 cm³/mol. The number of fused-ring (bicyclic) bond motifs is 2. The number of nitrogens with zero attached hydrogens (tertiary/aromatic N) is 2. The summed E-state index contributed by atoms with van der Waals surface area (Å²) in [6, 6.07) is 17.3. The number of hydrogen-bond donors (Lipinski definition) is 1. The molecule has 4 aromatic rings. The standard InChI is InChI=1S/C29H18Cl2F3N3O4S2/c30-15-7-5-14(6-8-15)21-22-23(26(40)37(25(22)39)19-4-2-1-3-18(19)29(32,33)34)42-27-24(21)43-28(41)36(27)13-20(38)35-17-11-9-16(31)10-12-17/h1-12,21-23H,13H2,(H,35,38). The number of aromatic nitrogens is 1. The average molecular weight is 665 g/mol. The maximum atomic E-state index is 13.9. The number of rotatable bonds is 5. The van der Waals surface area contributed by atoms with E-state index in [2.05, 4.69) is 5.32 Å². The number of imide groups is 1. The number of nitrogens with one attached hydrogen (secondary N) is 1. The molecule has 1 fully saturated rings. The maximum Gasteiger partial charge on any atom is 0.418 e. The number of hydrogen-bond acceptors (Lipinski definition) is 6. The van der Waals surface area contributed by atoms with Gasteiger partial charge in [-0.05, 0) is 54.1 Å². The van der Waals surface area contributed by atoms with Crippen molar-refractivity contribution in [1.29, 1.82) is 0 Å². The Morgan fingerprint density at radius 3 is 2.16 bits per heavy atom. The molecule has 7 nitrogen and oxygen atoms in total. The topological polar surface area (TPSA) is 88.5 Å². The first-order valence-electron chi connectivity index (χ1n) is 12.7. The van der Waals surface area contributed by atoms with E-state index in [4.69, 9.17) is 23.2 Å². The Kier molecular flexibility index (Phi) is 7.66. The summed E-state index contributed by atoms with van der Waals surface area (Å²) in [5, 5.41) is 2.72. The first-order valence-corrected chi connectivity index (χ1v) is 15.1. The van der Waals surface area contributed by atoms with E-state index in [1.165, 1.54) is 16.7 Å². The molecule has 2 aliphatic heterocycles. The Bertz CT molecular complexity index is 1820. The van der Waals surface area contributed by atoms with Crippen LogP contribution in [0.5, 0.6) is 0 Å². The van der Waals surface area contributed by atoms with Crippen molar-refractivity contribution in [3.8, 4) is 0 Å². The number of carbonyl (C=O) groups is 3. The third kappa shape index (κ3) is 5.37. The van der Waals surface area contributed by atoms with Crippen molar-refractivity contribution in [2.45, 2.75) is 28.9 Å². The lowest BCUT2D eigenvalue weighted by Crippen LogP contribution is -2.33. The third-order valence-electron chi connectivity index (χ3n) is 7.16. The fourth-order valence-electron chi connectivity index (χ4n) is 5.31. The molecule has 220 valence electrons. The summed E-state index contributed by atoms with van der Waals surface area (Å²) in [7, 11) is 0. The molecule has 0 radical (unpaired) electrons. The van der Waals surface area contributed by atoms with Crippen LogP contribution in [0.1, 0.15) is 21.9 Å². The highest BCUT2D eigenvalue weighted by Gasteiger charge is 2.57. The van der Waals surface area contributed by atoms with Crippen LogP contribution in [0.4, 0.5) is 24.5 Å². The lowest BCUT2D eigenvalue weighted by atomic mass is 9.83. The van der Waals surface area contributed by atoms with E-state index in [-0.39, 0.29) is 0 Å². The van der Waals surface area contributed by atoms with Crippen LogP contribution in [0.25, 0.3) is 0 Å². The minimum absolute atomic E-state index is 0.301. The van der Waals surface area contributed by atoms with Crippen molar-refractivity contribution in [2.75, 3.05) is 10.2 Å². The average Bonchev–Trinajstić information content (AvgIpc) is 3.40. The Labute approximate surface area is 260 Å². The van der Waals surface area contributed by atoms with Gasteiger partial charge in [0.25, 0.3) is 0 Å². The second-order valence-electron chi connectivity index (χ2n) is 9.80. The molecule has 3 heterocycles. The lowest BCUT2D eigenvalue weighted by Gasteiger charge is -2.30. The van der Waals surface area contributed by atoms with Crippen LogP contribution in [-0.2, 0) is 27.1 Å². The number of benzene rings is 3. The van der Waals surface area contributed by atoms with E-state index in [0.717, 1.165) is 35.2 Å². The van der Waals surface area contributed by atoms with Gasteiger partial charge < -0.3 is 5.32 Å². The van der Waals surface area contributed by atoms with Crippen LogP contribution in [0.15, 0.2) is 82.6 Å². The second kappa shape index (κ2) is 11.2. The molecule has 3 aromatic carbocycles. The van der Waals surface area contributed by atoms with Gasteiger partial charge in [0, 0.05) is 26.5 Å². The number of anilines is 2. The number of amides is 3. The highest BCUT2D eigenvalue weighted by Crippen LogP contribution is 2.54. The van der Waals surface area contributed by atoms with Crippen molar-refractivity contribution in [3.05, 3.63) is 109 Å². The van der Waals surface area contributed by atoms with Gasteiger partial charge in [-0.25, -0.2) is 4.90 Å². The summed E-state index contributed by atoms with van der Waals surface area (Å²) in [5.41, 5.74) is -0.673. The van der Waals surface area contributed by atoms with E-state index in [1.54, 1.807) is 48.5 Å². The van der Waals surface area contributed by atoms with Gasteiger partial charge in [-0.15, -0.1) is 0 Å². The first-order chi connectivity index (χ1) is 20.4. The van der Waals surface area contributed by atoms with Crippen LogP contribution in [0.3, 0.4) is 0 Å². The fraction of sp³-hybridized carbons (Fsp3) is 0.172. The molecule has 1 saturated heterocycles. The SMILES string of the molecule is O=C(Cn1c2c(sc1=O)C(c1ccc(Cl)cc1)C1C(=O)N(c3ccccc3C(F)(F)F)C(=O)C1S2)Nc1ccc(Cl)cc1. The monoisotopic (exact) mass is 663 g/mol. The maximum absolute atomic E-state index is 13.9. The van der Waals surface area contributed by atoms with E-state index >= 15 is 0 Å². The van der Waals surface area contributed by atoms with Gasteiger partial charge in [0.2, 0.25) is 17.7 Å². The fourth-order valence-corrected chi connectivity index (χ4v) is 8.33. The van der Waals surface area contributed by atoms with E-state index in [0.29, 0.717) is 36.1 Å². The quantitative estimate of drug-likeness (QED) is 0.241. The van der Waals surface area contributed by atoms with E-state index in [9.17, 15) is 32.3 Å². The zero-order chi connectivity index (χ0) is 30.6. The van der Waals surface area contributed by atoms with Crippen molar-refractivity contribution >= 4 is 75.4 Å². The Morgan fingerprint density at radius 2 is 1.51 bits per heavy atom. The Balaban J connectivity index is 1.43. The number of carbonyl (C=O) groups excluding carboxylic acids is 3. The van der Waals surface area contributed by atoms with E-state index in [1.807, 2.05) is 0 Å². The van der Waals surface area contributed by atoms with Crippen molar-refractivity contribution in [2.24, 2.45) is 5.92 Å². The normalized spacial score (nSPS) is 19.7. The van der Waals surface area contributed by atoms with Crippen LogP contribution in [-0.4, -0.2) is 27.5 Å². The molecule has 0 saturated carbocycles. The van der Waals surface area contributed by atoms with Crippen LogP contribution >= 0.6 is 46.3 Å². The van der Waals surface area contributed by atoms with E-state index < -0.39 is 63.7 Å². The molecule has 2 aliphatic rings. The van der Waals surface area contributed by atoms with Crippen LogP contribution < -0.4 is 15.1 Å². The van der Waals surface area contributed by atoms with Gasteiger partial charge in [0.1, 0.15) is 11.8 Å². The van der Waals surface area contributed by atoms with Crippen LogP contribution in [0, 0.1) is 5.92 Å². The third-order valence-corrected chi connectivity index (χ3v) is 10.3. The molecule has 1 N–H and O–H groups in total. The highest BCUT2D eigenvalue weighted by atomic mass is 35.5. The van der Waals surface area contributed by atoms with Gasteiger partial charge in [0.05, 0.1) is 22.2 Å². The first kappa shape index (κ1) is 29.5.